The van der Waals surface area contributed by atoms with Crippen LogP contribution in [-0.4, -0.2) is 30.1 Å². The van der Waals surface area contributed by atoms with E-state index in [1.165, 1.54) is 6.20 Å². The van der Waals surface area contributed by atoms with Crippen molar-refractivity contribution in [1.82, 2.24) is 10.4 Å². The quantitative estimate of drug-likeness (QED) is 0.253. The van der Waals surface area contributed by atoms with Crippen LogP contribution in [0.25, 0.3) is 0 Å². The highest BCUT2D eigenvalue weighted by Crippen LogP contribution is 2.02. The van der Waals surface area contributed by atoms with E-state index in [1.807, 2.05) is 0 Å². The normalized spacial score (nSPS) is 9.30. The minimum absolute atomic E-state index is 0.170. The van der Waals surface area contributed by atoms with Crippen LogP contribution < -0.4 is 10.9 Å². The molecule has 0 bridgehead atoms. The maximum absolute atomic E-state index is 11.6. The van der Waals surface area contributed by atoms with Crippen LogP contribution in [0.1, 0.15) is 13.8 Å². The molecular weight excluding hydrogens is 262 g/mol. The van der Waals surface area contributed by atoms with Crippen molar-refractivity contribution in [2.45, 2.75) is 13.8 Å². The first-order valence-corrected chi connectivity index (χ1v) is 6.16. The highest BCUT2D eigenvalue weighted by Gasteiger charge is 2.20. The first-order chi connectivity index (χ1) is 9.69. The van der Waals surface area contributed by atoms with Gasteiger partial charge in [0.15, 0.2) is 5.57 Å². The Labute approximate surface area is 117 Å². The van der Waals surface area contributed by atoms with E-state index >= 15 is 0 Å². The number of carbonyl (C=O) groups is 2. The lowest BCUT2D eigenvalue weighted by molar-refractivity contribution is -0.146. The van der Waals surface area contributed by atoms with Gasteiger partial charge in [0.1, 0.15) is 5.82 Å². The molecule has 7 nitrogen and oxygen atoms in total. The van der Waals surface area contributed by atoms with Crippen molar-refractivity contribution in [2.24, 2.45) is 0 Å². The summed E-state index contributed by atoms with van der Waals surface area (Å²) in [5, 5.41) is 0. The SMILES string of the molecule is CCOC(=O)C(=CNNc1ccccn1)C(=O)OCC. The lowest BCUT2D eigenvalue weighted by Crippen LogP contribution is -2.24. The molecule has 0 fully saturated rings. The van der Waals surface area contributed by atoms with Gasteiger partial charge in [0.2, 0.25) is 0 Å². The van der Waals surface area contributed by atoms with E-state index in [4.69, 9.17) is 9.47 Å². The fraction of sp³-hybridized carbons (Fsp3) is 0.308. The molecule has 1 aromatic heterocycles. The summed E-state index contributed by atoms with van der Waals surface area (Å²) in [6, 6.07) is 5.28. The predicted molar refractivity (Wildman–Crippen MR) is 72.3 cm³/mol. The van der Waals surface area contributed by atoms with Gasteiger partial charge in [-0.1, -0.05) is 6.07 Å². The third kappa shape index (κ3) is 4.97. The smallest absolute Gasteiger partial charge is 0.347 e. The van der Waals surface area contributed by atoms with Crippen molar-refractivity contribution in [3.05, 3.63) is 36.2 Å². The van der Waals surface area contributed by atoms with Crippen molar-refractivity contribution in [3.8, 4) is 0 Å². The Morgan fingerprint density at radius 2 is 1.85 bits per heavy atom. The minimum Gasteiger partial charge on any atom is -0.462 e. The summed E-state index contributed by atoms with van der Waals surface area (Å²) < 4.78 is 9.57. The van der Waals surface area contributed by atoms with E-state index in [0.29, 0.717) is 5.82 Å². The molecule has 0 spiro atoms. The van der Waals surface area contributed by atoms with Crippen molar-refractivity contribution in [3.63, 3.8) is 0 Å². The zero-order valence-electron chi connectivity index (χ0n) is 11.4. The van der Waals surface area contributed by atoms with E-state index in [9.17, 15) is 9.59 Å². The first-order valence-electron chi connectivity index (χ1n) is 6.16. The first kappa shape index (κ1) is 15.5. The standard InChI is InChI=1S/C13H17N3O4/c1-3-19-12(17)10(13(18)20-4-2)9-15-16-11-7-5-6-8-14-11/h5-9,15H,3-4H2,1-2H3,(H,14,16). The molecule has 0 radical (unpaired) electrons. The van der Waals surface area contributed by atoms with Gasteiger partial charge in [0.05, 0.1) is 13.2 Å². The largest absolute Gasteiger partial charge is 0.462 e. The zero-order valence-corrected chi connectivity index (χ0v) is 11.4. The summed E-state index contributed by atoms with van der Waals surface area (Å²) in [7, 11) is 0. The maximum atomic E-state index is 11.6. The predicted octanol–water partition coefficient (Wildman–Crippen LogP) is 1.01. The van der Waals surface area contributed by atoms with E-state index < -0.39 is 11.9 Å². The van der Waals surface area contributed by atoms with Gasteiger partial charge in [-0.3, -0.25) is 5.43 Å². The average Bonchev–Trinajstić information content (AvgIpc) is 2.45. The number of esters is 2. The zero-order chi connectivity index (χ0) is 14.8. The Kier molecular flexibility index (Phi) is 6.60. The van der Waals surface area contributed by atoms with Crippen molar-refractivity contribution in [2.75, 3.05) is 18.6 Å². The minimum atomic E-state index is -0.749. The van der Waals surface area contributed by atoms with Gasteiger partial charge < -0.3 is 14.9 Å². The maximum Gasteiger partial charge on any atom is 0.347 e. The summed E-state index contributed by atoms with van der Waals surface area (Å²) in [6.07, 6.45) is 2.79. The molecular formula is C13H17N3O4. The topological polar surface area (TPSA) is 89.5 Å². The molecule has 0 unspecified atom stereocenters. The lowest BCUT2D eigenvalue weighted by Gasteiger charge is -2.08. The number of aromatic nitrogens is 1. The summed E-state index contributed by atoms with van der Waals surface area (Å²) in [5.41, 5.74) is 5.10. The molecule has 0 saturated heterocycles. The Morgan fingerprint density at radius 1 is 1.20 bits per heavy atom. The molecule has 0 aromatic carbocycles. The summed E-state index contributed by atoms with van der Waals surface area (Å²) in [4.78, 5) is 27.3. The van der Waals surface area contributed by atoms with Crippen LogP contribution in [0.5, 0.6) is 0 Å². The molecule has 0 atom stereocenters. The number of carbonyl (C=O) groups excluding carboxylic acids is 2. The van der Waals surface area contributed by atoms with E-state index in [1.54, 1.807) is 38.2 Å². The van der Waals surface area contributed by atoms with Gasteiger partial charge >= 0.3 is 11.9 Å². The molecule has 0 aliphatic heterocycles. The van der Waals surface area contributed by atoms with Crippen LogP contribution >= 0.6 is 0 Å². The second kappa shape index (κ2) is 8.52. The van der Waals surface area contributed by atoms with Gasteiger partial charge in [-0.15, -0.1) is 0 Å². The monoisotopic (exact) mass is 279 g/mol. The van der Waals surface area contributed by atoms with Crippen molar-refractivity contribution in [1.29, 1.82) is 0 Å². The van der Waals surface area contributed by atoms with E-state index in [2.05, 4.69) is 15.8 Å². The van der Waals surface area contributed by atoms with Gasteiger partial charge in [0, 0.05) is 12.4 Å². The molecule has 1 rings (SSSR count). The van der Waals surface area contributed by atoms with Crippen LogP contribution in [0.4, 0.5) is 5.82 Å². The van der Waals surface area contributed by atoms with Crippen LogP contribution in [0.15, 0.2) is 36.2 Å². The Balaban J connectivity index is 2.69. The lowest BCUT2D eigenvalue weighted by atomic mass is 10.3. The van der Waals surface area contributed by atoms with Gasteiger partial charge in [-0.25, -0.2) is 14.6 Å². The number of pyridine rings is 1. The molecule has 1 heterocycles. The second-order valence-corrected chi connectivity index (χ2v) is 3.48. The molecule has 2 N–H and O–H groups in total. The second-order valence-electron chi connectivity index (χ2n) is 3.48. The number of anilines is 1. The Hall–Kier alpha value is -2.57. The summed E-state index contributed by atoms with van der Waals surface area (Å²) in [6.45, 7) is 3.65. The van der Waals surface area contributed by atoms with Gasteiger partial charge in [0.25, 0.3) is 0 Å². The number of hydrogen-bond acceptors (Lipinski definition) is 7. The third-order valence-electron chi connectivity index (χ3n) is 2.07. The number of nitrogens with one attached hydrogen (secondary N) is 2. The Bertz CT molecular complexity index is 454. The number of ether oxygens (including phenoxy) is 2. The van der Waals surface area contributed by atoms with Crippen LogP contribution in [0, 0.1) is 0 Å². The van der Waals surface area contributed by atoms with E-state index in [0.717, 1.165) is 0 Å². The molecule has 108 valence electrons. The number of rotatable bonds is 7. The van der Waals surface area contributed by atoms with Crippen LogP contribution in [-0.2, 0) is 19.1 Å². The van der Waals surface area contributed by atoms with Crippen LogP contribution in [0.3, 0.4) is 0 Å². The molecule has 0 aliphatic rings. The van der Waals surface area contributed by atoms with Crippen molar-refractivity contribution < 1.29 is 19.1 Å². The van der Waals surface area contributed by atoms with Crippen LogP contribution in [0.2, 0.25) is 0 Å². The fourth-order valence-electron chi connectivity index (χ4n) is 1.24. The molecule has 0 saturated carbocycles. The van der Waals surface area contributed by atoms with Gasteiger partial charge in [-0.05, 0) is 26.0 Å². The molecule has 0 amide bonds. The van der Waals surface area contributed by atoms with Crippen molar-refractivity contribution >= 4 is 17.8 Å². The molecule has 0 aliphatic carbocycles. The number of hydrogen-bond donors (Lipinski definition) is 2. The summed E-state index contributed by atoms with van der Waals surface area (Å²) >= 11 is 0. The summed E-state index contributed by atoms with van der Waals surface area (Å²) in [5.74, 6) is -0.960. The number of nitrogens with zero attached hydrogens (tertiary/aromatic N) is 1. The van der Waals surface area contributed by atoms with Gasteiger partial charge in [-0.2, -0.15) is 0 Å². The highest BCUT2D eigenvalue weighted by molar-refractivity contribution is 6.13. The fourth-order valence-corrected chi connectivity index (χ4v) is 1.24. The number of hydrazine groups is 1. The third-order valence-corrected chi connectivity index (χ3v) is 2.07. The average molecular weight is 279 g/mol. The molecule has 1 aromatic rings. The molecule has 20 heavy (non-hydrogen) atoms. The Morgan fingerprint density at radius 3 is 2.35 bits per heavy atom. The molecule has 7 heteroatoms. The highest BCUT2D eigenvalue weighted by atomic mass is 16.6. The van der Waals surface area contributed by atoms with E-state index in [-0.39, 0.29) is 18.8 Å².